The summed E-state index contributed by atoms with van der Waals surface area (Å²) >= 11 is 0. The summed E-state index contributed by atoms with van der Waals surface area (Å²) in [6.07, 6.45) is 8.79. The molecule has 0 spiro atoms. The monoisotopic (exact) mass is 495 g/mol. The van der Waals surface area contributed by atoms with Crippen molar-refractivity contribution in [1.82, 2.24) is 8.87 Å². The molecular formula is C26H29N3O5S. The number of phenolic OH excluding ortho intramolecular Hbond substituents is 1. The predicted octanol–water partition coefficient (Wildman–Crippen LogP) is 3.46. The average molecular weight is 496 g/mol. The molecule has 0 unspecified atom stereocenters. The fourth-order valence-electron chi connectivity index (χ4n) is 4.08. The highest BCUT2D eigenvalue weighted by atomic mass is 32.2. The molecule has 1 aliphatic heterocycles. The smallest absolute Gasteiger partial charge is 0.271 e. The van der Waals surface area contributed by atoms with Gasteiger partial charge in [0.1, 0.15) is 16.4 Å². The zero-order chi connectivity index (χ0) is 24.8. The molecule has 0 atom stereocenters. The maximum absolute atomic E-state index is 13.0. The minimum atomic E-state index is -4.02. The number of nitrogens with two attached hydrogens (primary N) is 1. The van der Waals surface area contributed by atoms with E-state index in [9.17, 15) is 18.3 Å². The quantitative estimate of drug-likeness (QED) is 0.329. The number of aromatic hydroxyl groups is 1. The number of amides is 1. The molecule has 0 bridgehead atoms. The summed E-state index contributed by atoms with van der Waals surface area (Å²) in [6, 6.07) is 13.5. The molecule has 0 radical (unpaired) electrons. The lowest BCUT2D eigenvalue weighted by atomic mass is 10.1. The molecule has 4 rings (SSSR count). The molecule has 0 aliphatic carbocycles. The van der Waals surface area contributed by atoms with Crippen LogP contribution in [0.3, 0.4) is 0 Å². The number of carbonyl (C=O) groups is 1. The standard InChI is InChI=1S/C26H29N3O5S/c27-26(31)11-4-20-12-16-29(19-20)35(32,33)25-10-7-22(18-24(25)30)21-5-8-23(9-6-21)34-17-3-15-28-13-1-2-14-28/h4-12,16,18-19,30H,1-3,13-15,17H2,(H2,27,31)/b11-4+. The lowest BCUT2D eigenvalue weighted by Gasteiger charge is -2.14. The molecule has 1 saturated heterocycles. The summed E-state index contributed by atoms with van der Waals surface area (Å²) < 4.78 is 32.8. The summed E-state index contributed by atoms with van der Waals surface area (Å²) in [4.78, 5) is 13.1. The van der Waals surface area contributed by atoms with Crippen LogP contribution >= 0.6 is 0 Å². The van der Waals surface area contributed by atoms with Crippen LogP contribution < -0.4 is 10.5 Å². The Morgan fingerprint density at radius 1 is 1.06 bits per heavy atom. The highest BCUT2D eigenvalue weighted by molar-refractivity contribution is 7.90. The Balaban J connectivity index is 1.41. The van der Waals surface area contributed by atoms with Crippen LogP contribution in [0.1, 0.15) is 24.8 Å². The largest absolute Gasteiger partial charge is 0.506 e. The van der Waals surface area contributed by atoms with Gasteiger partial charge in [0, 0.05) is 25.0 Å². The van der Waals surface area contributed by atoms with E-state index >= 15 is 0 Å². The third-order valence-corrected chi connectivity index (χ3v) is 7.60. The first-order chi connectivity index (χ1) is 16.8. The molecule has 0 saturated carbocycles. The Bertz CT molecular complexity index is 1310. The van der Waals surface area contributed by atoms with Crippen LogP contribution in [-0.4, -0.2) is 54.5 Å². The molecule has 184 valence electrons. The number of hydrogen-bond acceptors (Lipinski definition) is 6. The van der Waals surface area contributed by atoms with Gasteiger partial charge in [0.25, 0.3) is 10.0 Å². The number of aromatic nitrogens is 1. The summed E-state index contributed by atoms with van der Waals surface area (Å²) in [6.45, 7) is 4.08. The minimum absolute atomic E-state index is 0.222. The maximum Gasteiger partial charge on any atom is 0.271 e. The number of rotatable bonds is 10. The van der Waals surface area contributed by atoms with Gasteiger partial charge in [-0.15, -0.1) is 0 Å². The second-order valence-corrected chi connectivity index (χ2v) is 10.3. The first kappa shape index (κ1) is 24.6. The van der Waals surface area contributed by atoms with Gasteiger partial charge >= 0.3 is 0 Å². The number of hydrogen-bond donors (Lipinski definition) is 2. The van der Waals surface area contributed by atoms with E-state index in [0.717, 1.165) is 34.3 Å². The Kier molecular flexibility index (Phi) is 7.57. The van der Waals surface area contributed by atoms with Crippen LogP contribution in [0.2, 0.25) is 0 Å². The molecule has 3 aromatic rings. The van der Waals surface area contributed by atoms with Crippen molar-refractivity contribution in [3.05, 3.63) is 72.6 Å². The molecule has 1 fully saturated rings. The normalized spacial score (nSPS) is 14.5. The third-order valence-electron chi connectivity index (χ3n) is 5.92. The van der Waals surface area contributed by atoms with Gasteiger partial charge in [0.15, 0.2) is 0 Å². The topological polar surface area (TPSA) is 115 Å². The molecule has 1 aromatic heterocycles. The van der Waals surface area contributed by atoms with Gasteiger partial charge in [-0.3, -0.25) is 4.79 Å². The van der Waals surface area contributed by atoms with E-state index in [1.165, 1.54) is 62.6 Å². The van der Waals surface area contributed by atoms with Gasteiger partial charge < -0.3 is 20.5 Å². The van der Waals surface area contributed by atoms with Crippen molar-refractivity contribution in [2.24, 2.45) is 5.73 Å². The molecule has 9 heteroatoms. The van der Waals surface area contributed by atoms with Crippen LogP contribution in [0.4, 0.5) is 0 Å². The summed E-state index contributed by atoms with van der Waals surface area (Å²) in [5.41, 5.74) is 7.07. The number of benzene rings is 2. The molecule has 2 aromatic carbocycles. The van der Waals surface area contributed by atoms with Crippen molar-refractivity contribution in [2.45, 2.75) is 24.2 Å². The molecule has 2 heterocycles. The lowest BCUT2D eigenvalue weighted by Crippen LogP contribution is -2.21. The third kappa shape index (κ3) is 6.12. The highest BCUT2D eigenvalue weighted by Gasteiger charge is 2.21. The van der Waals surface area contributed by atoms with Gasteiger partial charge in [-0.05, 0) is 85.5 Å². The second-order valence-electron chi connectivity index (χ2n) is 8.47. The Hall–Kier alpha value is -3.56. The maximum atomic E-state index is 13.0. The second kappa shape index (κ2) is 10.8. The van der Waals surface area contributed by atoms with Crippen molar-refractivity contribution in [3.63, 3.8) is 0 Å². The Morgan fingerprint density at radius 2 is 1.77 bits per heavy atom. The molecule has 3 N–H and O–H groups in total. The summed E-state index contributed by atoms with van der Waals surface area (Å²) in [7, 11) is -4.02. The van der Waals surface area contributed by atoms with E-state index in [0.29, 0.717) is 17.7 Å². The number of likely N-dealkylation sites (tertiary alicyclic amines) is 1. The zero-order valence-electron chi connectivity index (χ0n) is 19.3. The molecule has 8 nitrogen and oxygen atoms in total. The molecule has 1 amide bonds. The molecule has 35 heavy (non-hydrogen) atoms. The zero-order valence-corrected chi connectivity index (χ0v) is 20.2. The first-order valence-corrected chi connectivity index (χ1v) is 13.0. The fraction of sp³-hybridized carbons (Fsp3) is 0.269. The van der Waals surface area contributed by atoms with Crippen LogP contribution in [0, 0.1) is 0 Å². The van der Waals surface area contributed by atoms with Gasteiger partial charge in [0.2, 0.25) is 5.91 Å². The highest BCUT2D eigenvalue weighted by Crippen LogP contribution is 2.31. The van der Waals surface area contributed by atoms with E-state index in [1.807, 2.05) is 24.3 Å². The SMILES string of the molecule is NC(=O)/C=C/c1ccn(S(=O)(=O)c2ccc(-c3ccc(OCCCN4CCCC4)cc3)cc2O)c1. The molecule has 1 aliphatic rings. The van der Waals surface area contributed by atoms with E-state index in [-0.39, 0.29) is 10.6 Å². The number of primary amides is 1. The number of carbonyl (C=O) groups excluding carboxylic acids is 1. The van der Waals surface area contributed by atoms with Crippen molar-refractivity contribution >= 4 is 22.0 Å². The predicted molar refractivity (Wildman–Crippen MR) is 135 cm³/mol. The average Bonchev–Trinajstić information content (AvgIpc) is 3.53. The van der Waals surface area contributed by atoms with Crippen LogP contribution in [-0.2, 0) is 14.8 Å². The Morgan fingerprint density at radius 3 is 2.46 bits per heavy atom. The van der Waals surface area contributed by atoms with E-state index in [1.54, 1.807) is 6.07 Å². The van der Waals surface area contributed by atoms with Crippen molar-refractivity contribution < 1.29 is 23.1 Å². The Labute approximate surface area is 205 Å². The van der Waals surface area contributed by atoms with E-state index in [2.05, 4.69) is 4.90 Å². The summed E-state index contributed by atoms with van der Waals surface area (Å²) in [5.74, 6) is -0.217. The van der Waals surface area contributed by atoms with Crippen LogP contribution in [0.5, 0.6) is 11.5 Å². The molecular weight excluding hydrogens is 466 g/mol. The van der Waals surface area contributed by atoms with Crippen molar-refractivity contribution in [1.29, 1.82) is 0 Å². The first-order valence-electron chi connectivity index (χ1n) is 11.5. The number of ether oxygens (including phenoxy) is 1. The van der Waals surface area contributed by atoms with Gasteiger partial charge in [0.05, 0.1) is 6.61 Å². The van der Waals surface area contributed by atoms with Crippen LogP contribution in [0.25, 0.3) is 17.2 Å². The van der Waals surface area contributed by atoms with Gasteiger partial charge in [-0.25, -0.2) is 12.4 Å². The minimum Gasteiger partial charge on any atom is -0.506 e. The van der Waals surface area contributed by atoms with Gasteiger partial charge in [-0.1, -0.05) is 18.2 Å². The fourth-order valence-corrected chi connectivity index (χ4v) is 5.35. The van der Waals surface area contributed by atoms with Crippen molar-refractivity contribution in [3.8, 4) is 22.6 Å². The lowest BCUT2D eigenvalue weighted by molar-refractivity contribution is -0.113. The van der Waals surface area contributed by atoms with Crippen molar-refractivity contribution in [2.75, 3.05) is 26.2 Å². The number of phenols is 1. The number of nitrogens with zero attached hydrogens (tertiary/aromatic N) is 2. The summed E-state index contributed by atoms with van der Waals surface area (Å²) in [5, 5.41) is 10.5. The van der Waals surface area contributed by atoms with E-state index in [4.69, 9.17) is 10.5 Å². The van der Waals surface area contributed by atoms with Crippen LogP contribution in [0.15, 0.2) is 71.9 Å². The van der Waals surface area contributed by atoms with E-state index < -0.39 is 15.9 Å². The van der Waals surface area contributed by atoms with Gasteiger partial charge in [-0.2, -0.15) is 0 Å².